The molecule has 1 rings (SSSR count). The first-order chi connectivity index (χ1) is 8.99. The lowest BCUT2D eigenvalue weighted by atomic mass is 10.1. The van der Waals surface area contributed by atoms with E-state index in [9.17, 15) is 9.59 Å². The highest BCUT2D eigenvalue weighted by atomic mass is 32.1. The Hall–Kier alpha value is -1.36. The Morgan fingerprint density at radius 1 is 1.37 bits per heavy atom. The fourth-order valence-corrected chi connectivity index (χ4v) is 2.87. The van der Waals surface area contributed by atoms with Gasteiger partial charge in [-0.25, -0.2) is 0 Å². The summed E-state index contributed by atoms with van der Waals surface area (Å²) >= 11 is 1.49. The predicted octanol–water partition coefficient (Wildman–Crippen LogP) is 2.64. The van der Waals surface area contributed by atoms with Crippen molar-refractivity contribution >= 4 is 23.2 Å². The largest absolute Gasteiger partial charge is 0.465 e. The average Bonchev–Trinajstić information content (AvgIpc) is 2.70. The fourth-order valence-electron chi connectivity index (χ4n) is 1.80. The van der Waals surface area contributed by atoms with Gasteiger partial charge in [-0.15, -0.1) is 11.3 Å². The summed E-state index contributed by atoms with van der Waals surface area (Å²) in [5.41, 5.74) is 1.22. The van der Waals surface area contributed by atoms with E-state index in [2.05, 4.69) is 6.92 Å². The van der Waals surface area contributed by atoms with Gasteiger partial charge in [0.1, 0.15) is 6.54 Å². The number of amides is 1. The highest BCUT2D eigenvalue weighted by Gasteiger charge is 2.18. The van der Waals surface area contributed by atoms with Crippen LogP contribution in [0.4, 0.5) is 0 Å². The zero-order valence-electron chi connectivity index (χ0n) is 12.0. The molecule has 0 aliphatic heterocycles. The van der Waals surface area contributed by atoms with E-state index >= 15 is 0 Å². The first kappa shape index (κ1) is 15.7. The number of likely N-dealkylation sites (N-methyl/N-ethyl adjacent to an activating group) is 1. The zero-order chi connectivity index (χ0) is 14.4. The lowest BCUT2D eigenvalue weighted by Crippen LogP contribution is -2.32. The number of ether oxygens (including phenoxy) is 1. The van der Waals surface area contributed by atoms with Gasteiger partial charge in [-0.1, -0.05) is 13.3 Å². The molecule has 0 unspecified atom stereocenters. The van der Waals surface area contributed by atoms with Gasteiger partial charge in [-0.3, -0.25) is 9.59 Å². The van der Waals surface area contributed by atoms with Gasteiger partial charge in [0, 0.05) is 11.9 Å². The van der Waals surface area contributed by atoms with E-state index in [1.807, 2.05) is 13.0 Å². The number of carbonyl (C=O) groups is 2. The van der Waals surface area contributed by atoms with Gasteiger partial charge in [0.2, 0.25) is 0 Å². The number of aryl methyl sites for hydroxylation is 2. The predicted molar refractivity (Wildman–Crippen MR) is 76.6 cm³/mol. The number of esters is 1. The van der Waals surface area contributed by atoms with E-state index < -0.39 is 0 Å². The molecule has 19 heavy (non-hydrogen) atoms. The van der Waals surface area contributed by atoms with Gasteiger partial charge >= 0.3 is 5.97 Å². The molecule has 0 spiro atoms. The summed E-state index contributed by atoms with van der Waals surface area (Å²) in [5, 5.41) is 0. The molecule has 0 atom stereocenters. The first-order valence-corrected chi connectivity index (χ1v) is 7.31. The lowest BCUT2D eigenvalue weighted by molar-refractivity contribution is -0.143. The van der Waals surface area contributed by atoms with Crippen molar-refractivity contribution in [1.29, 1.82) is 0 Å². The molecule has 1 heterocycles. The number of hydrogen-bond donors (Lipinski definition) is 0. The van der Waals surface area contributed by atoms with Crippen molar-refractivity contribution in [3.05, 3.63) is 21.4 Å². The number of thiophene rings is 1. The van der Waals surface area contributed by atoms with E-state index in [0.717, 1.165) is 12.8 Å². The third-order valence-corrected chi connectivity index (χ3v) is 3.85. The molecule has 0 aromatic carbocycles. The van der Waals surface area contributed by atoms with Crippen molar-refractivity contribution < 1.29 is 14.3 Å². The zero-order valence-corrected chi connectivity index (χ0v) is 12.8. The normalized spacial score (nSPS) is 10.3. The quantitative estimate of drug-likeness (QED) is 0.754. The molecule has 106 valence electrons. The highest BCUT2D eigenvalue weighted by Crippen LogP contribution is 2.23. The molecule has 0 N–H and O–H groups in total. The first-order valence-electron chi connectivity index (χ1n) is 6.50. The molecule has 0 saturated carbocycles. The molecule has 1 amide bonds. The lowest BCUT2D eigenvalue weighted by Gasteiger charge is -2.14. The van der Waals surface area contributed by atoms with Crippen molar-refractivity contribution in [2.75, 3.05) is 20.2 Å². The van der Waals surface area contributed by atoms with Gasteiger partial charge < -0.3 is 9.64 Å². The Labute approximate surface area is 118 Å². The van der Waals surface area contributed by atoms with Crippen LogP contribution >= 0.6 is 11.3 Å². The van der Waals surface area contributed by atoms with Crippen LogP contribution in [0.5, 0.6) is 0 Å². The second-order valence-corrected chi connectivity index (χ2v) is 5.66. The monoisotopic (exact) mass is 283 g/mol. The van der Waals surface area contributed by atoms with Crippen LogP contribution in [0.3, 0.4) is 0 Å². The summed E-state index contributed by atoms with van der Waals surface area (Å²) in [6.45, 7) is 6.22. The van der Waals surface area contributed by atoms with Crippen molar-refractivity contribution in [2.24, 2.45) is 0 Å². The van der Waals surface area contributed by atoms with Crippen LogP contribution in [0.15, 0.2) is 6.07 Å². The summed E-state index contributed by atoms with van der Waals surface area (Å²) in [7, 11) is 1.62. The standard InChI is InChI=1S/C14H21NO3S/c1-5-7-11-8-12(19-10(11)3)14(17)15(4)9-13(16)18-6-2/h8H,5-7,9H2,1-4H3. The fraction of sp³-hybridized carbons (Fsp3) is 0.571. The Morgan fingerprint density at radius 3 is 2.63 bits per heavy atom. The van der Waals surface area contributed by atoms with Crippen LogP contribution in [-0.4, -0.2) is 37.0 Å². The van der Waals surface area contributed by atoms with Crippen molar-refractivity contribution in [3.8, 4) is 0 Å². The van der Waals surface area contributed by atoms with E-state index in [1.54, 1.807) is 14.0 Å². The van der Waals surface area contributed by atoms with E-state index in [1.165, 1.54) is 26.7 Å². The maximum atomic E-state index is 12.2. The smallest absolute Gasteiger partial charge is 0.325 e. The van der Waals surface area contributed by atoms with Crippen molar-refractivity contribution in [2.45, 2.75) is 33.6 Å². The Kier molecular flexibility index (Phi) is 6.02. The average molecular weight is 283 g/mol. The Morgan fingerprint density at radius 2 is 2.05 bits per heavy atom. The van der Waals surface area contributed by atoms with Crippen molar-refractivity contribution in [1.82, 2.24) is 4.90 Å². The maximum absolute atomic E-state index is 12.2. The highest BCUT2D eigenvalue weighted by molar-refractivity contribution is 7.14. The van der Waals surface area contributed by atoms with Crippen molar-refractivity contribution in [3.63, 3.8) is 0 Å². The molecular weight excluding hydrogens is 262 g/mol. The maximum Gasteiger partial charge on any atom is 0.325 e. The summed E-state index contributed by atoms with van der Waals surface area (Å²) < 4.78 is 4.84. The molecule has 4 nitrogen and oxygen atoms in total. The molecule has 5 heteroatoms. The van der Waals surface area contributed by atoms with E-state index in [-0.39, 0.29) is 18.4 Å². The minimum absolute atomic E-state index is 0.00721. The topological polar surface area (TPSA) is 46.6 Å². The van der Waals surface area contributed by atoms with Gasteiger partial charge in [-0.05, 0) is 31.9 Å². The number of hydrogen-bond acceptors (Lipinski definition) is 4. The minimum atomic E-state index is -0.375. The van der Waals surface area contributed by atoms with Gasteiger partial charge in [0.05, 0.1) is 11.5 Å². The third kappa shape index (κ3) is 4.35. The van der Waals surface area contributed by atoms with Crippen LogP contribution in [0, 0.1) is 6.92 Å². The van der Waals surface area contributed by atoms with Gasteiger partial charge in [-0.2, -0.15) is 0 Å². The minimum Gasteiger partial charge on any atom is -0.465 e. The van der Waals surface area contributed by atoms with Crippen LogP contribution in [0.2, 0.25) is 0 Å². The summed E-state index contributed by atoms with van der Waals surface area (Å²) in [4.78, 5) is 26.8. The summed E-state index contributed by atoms with van der Waals surface area (Å²) in [6.07, 6.45) is 2.04. The third-order valence-electron chi connectivity index (χ3n) is 2.77. The van der Waals surface area contributed by atoms with Crippen LogP contribution in [0.1, 0.15) is 40.4 Å². The van der Waals surface area contributed by atoms with E-state index in [4.69, 9.17) is 4.74 Å². The van der Waals surface area contributed by atoms with Crippen LogP contribution in [0.25, 0.3) is 0 Å². The van der Waals surface area contributed by atoms with Gasteiger partial charge in [0.25, 0.3) is 5.91 Å². The molecule has 0 aliphatic carbocycles. The number of nitrogens with zero attached hydrogens (tertiary/aromatic N) is 1. The molecule has 0 bridgehead atoms. The van der Waals surface area contributed by atoms with Gasteiger partial charge in [0.15, 0.2) is 0 Å². The second kappa shape index (κ2) is 7.28. The summed E-state index contributed by atoms with van der Waals surface area (Å²) in [6, 6.07) is 1.94. The van der Waals surface area contributed by atoms with Crippen LogP contribution in [-0.2, 0) is 16.0 Å². The van der Waals surface area contributed by atoms with Crippen LogP contribution < -0.4 is 0 Å². The Balaban J connectivity index is 2.71. The number of rotatable bonds is 6. The SMILES string of the molecule is CCCc1cc(C(=O)N(C)CC(=O)OCC)sc1C. The molecule has 1 aromatic heterocycles. The molecule has 0 fully saturated rings. The molecule has 0 radical (unpaired) electrons. The second-order valence-electron chi connectivity index (χ2n) is 4.41. The molecular formula is C14H21NO3S. The number of carbonyl (C=O) groups excluding carboxylic acids is 2. The molecule has 0 aliphatic rings. The van der Waals surface area contributed by atoms with E-state index in [0.29, 0.717) is 11.5 Å². The summed E-state index contributed by atoms with van der Waals surface area (Å²) in [5.74, 6) is -0.496. The Bertz CT molecular complexity index is 454. The molecule has 1 aromatic rings. The molecule has 0 saturated heterocycles.